The molecule has 0 saturated carbocycles. The highest BCUT2D eigenvalue weighted by Gasteiger charge is 2.20. The van der Waals surface area contributed by atoms with E-state index in [1.165, 1.54) is 12.3 Å². The zero-order chi connectivity index (χ0) is 17.3. The van der Waals surface area contributed by atoms with Gasteiger partial charge in [0, 0.05) is 28.9 Å². The van der Waals surface area contributed by atoms with Crippen molar-refractivity contribution in [1.82, 2.24) is 10.3 Å². The molecule has 1 aromatic carbocycles. The Balaban J connectivity index is 2.14. The molecule has 5 heteroatoms. The second-order valence-corrected chi connectivity index (χ2v) is 6.39. The summed E-state index contributed by atoms with van der Waals surface area (Å²) in [4.78, 5) is 15.9. The van der Waals surface area contributed by atoms with E-state index in [2.05, 4.69) is 10.3 Å². The third kappa shape index (κ3) is 3.20. The van der Waals surface area contributed by atoms with Crippen molar-refractivity contribution in [3.8, 4) is 11.1 Å². The van der Waals surface area contributed by atoms with E-state index in [4.69, 9.17) is 11.6 Å². The van der Waals surface area contributed by atoms with E-state index in [0.717, 1.165) is 52.8 Å². The van der Waals surface area contributed by atoms with Crippen LogP contribution >= 0.6 is 11.6 Å². The minimum atomic E-state index is -0.518. The lowest BCUT2D eigenvalue weighted by Gasteiger charge is -2.20. The van der Waals surface area contributed by atoms with Gasteiger partial charge in [-0.2, -0.15) is 4.39 Å². The lowest BCUT2D eigenvalue weighted by Crippen LogP contribution is -2.31. The van der Waals surface area contributed by atoms with Crippen molar-refractivity contribution in [1.29, 1.82) is 0 Å². The molecule has 24 heavy (non-hydrogen) atoms. The monoisotopic (exact) mass is 344 g/mol. The highest BCUT2D eigenvalue weighted by molar-refractivity contribution is 6.31. The van der Waals surface area contributed by atoms with Crippen molar-refractivity contribution in [3.63, 3.8) is 0 Å². The zero-order valence-corrected chi connectivity index (χ0v) is 14.4. The zero-order valence-electron chi connectivity index (χ0n) is 13.6. The Morgan fingerprint density at radius 1 is 1.33 bits per heavy atom. The fraction of sp³-hybridized carbons (Fsp3) is 0.263. The first kappa shape index (κ1) is 16.7. The van der Waals surface area contributed by atoms with Gasteiger partial charge in [0.25, 0.3) is 0 Å². The first-order valence-electron chi connectivity index (χ1n) is 7.88. The molecule has 124 valence electrons. The van der Waals surface area contributed by atoms with E-state index >= 15 is 0 Å². The molecule has 3 nitrogen and oxygen atoms in total. The van der Waals surface area contributed by atoms with E-state index in [1.807, 2.05) is 26.0 Å². The molecule has 0 bridgehead atoms. The second-order valence-electron chi connectivity index (χ2n) is 5.96. The summed E-state index contributed by atoms with van der Waals surface area (Å²) in [6.45, 7) is 4.65. The number of aromatic nitrogens is 1. The van der Waals surface area contributed by atoms with Crippen LogP contribution in [0.25, 0.3) is 16.7 Å². The van der Waals surface area contributed by atoms with Crippen LogP contribution in [-0.4, -0.2) is 17.4 Å². The summed E-state index contributed by atoms with van der Waals surface area (Å²) in [5.74, 6) is -0.529. The third-order valence-corrected chi connectivity index (χ3v) is 4.65. The average Bonchev–Trinajstić information content (AvgIpc) is 2.57. The van der Waals surface area contributed by atoms with Crippen molar-refractivity contribution in [2.24, 2.45) is 0 Å². The number of piperidine rings is 1. The molecule has 1 saturated heterocycles. The van der Waals surface area contributed by atoms with Gasteiger partial charge in [-0.1, -0.05) is 11.6 Å². The maximum Gasteiger partial charge on any atom is 0.247 e. The van der Waals surface area contributed by atoms with Gasteiger partial charge in [-0.15, -0.1) is 0 Å². The summed E-state index contributed by atoms with van der Waals surface area (Å²) in [6, 6.07) is 6.73. The number of carbonyl (C=O) groups is 1. The molecule has 0 aliphatic carbocycles. The summed E-state index contributed by atoms with van der Waals surface area (Å²) < 4.78 is 13.1. The van der Waals surface area contributed by atoms with Crippen molar-refractivity contribution in [2.75, 3.05) is 6.54 Å². The minimum absolute atomic E-state index is 0.0110. The van der Waals surface area contributed by atoms with Gasteiger partial charge in [0.15, 0.2) is 0 Å². The van der Waals surface area contributed by atoms with Gasteiger partial charge in [0.2, 0.25) is 11.9 Å². The average molecular weight is 345 g/mol. The van der Waals surface area contributed by atoms with Gasteiger partial charge in [-0.25, -0.2) is 4.98 Å². The predicted molar refractivity (Wildman–Crippen MR) is 94.2 cm³/mol. The molecule has 0 atom stereocenters. The normalized spacial score (nSPS) is 16.8. The summed E-state index contributed by atoms with van der Waals surface area (Å²) in [5.41, 5.74) is 5.35. The lowest BCUT2D eigenvalue weighted by molar-refractivity contribution is -0.118. The van der Waals surface area contributed by atoms with Crippen molar-refractivity contribution < 1.29 is 9.18 Å². The van der Waals surface area contributed by atoms with Crippen LogP contribution < -0.4 is 5.32 Å². The highest BCUT2D eigenvalue weighted by Crippen LogP contribution is 2.34. The Hall–Kier alpha value is -2.20. The van der Waals surface area contributed by atoms with Crippen LogP contribution in [0.1, 0.15) is 30.9 Å². The summed E-state index contributed by atoms with van der Waals surface area (Å²) in [5, 5.41) is 3.46. The Kier molecular flexibility index (Phi) is 4.67. The molecule has 1 aliphatic heterocycles. The van der Waals surface area contributed by atoms with Crippen LogP contribution in [-0.2, 0) is 4.79 Å². The number of nitrogens with zero attached hydrogens (tertiary/aromatic N) is 1. The molecule has 0 radical (unpaired) electrons. The standard InChI is InChI=1S/C19H18ClFN2O/c1-11(15-4-3-7-22-19(15)24)16-8-14(20)9-17(12(16)2)13-5-6-18(21)23-10-13/h5-6,8-10H,3-4,7H2,1-2H3,(H,22,24)/b15-11+. The van der Waals surface area contributed by atoms with Crippen molar-refractivity contribution in [3.05, 3.63) is 58.1 Å². The van der Waals surface area contributed by atoms with Crippen molar-refractivity contribution >= 4 is 23.1 Å². The smallest absolute Gasteiger partial charge is 0.247 e. The molecule has 0 spiro atoms. The molecule has 2 aromatic rings. The molecule has 1 N–H and O–H groups in total. The summed E-state index contributed by atoms with van der Waals surface area (Å²) >= 11 is 6.30. The fourth-order valence-corrected chi connectivity index (χ4v) is 3.33. The van der Waals surface area contributed by atoms with Crippen LogP contribution in [0.4, 0.5) is 4.39 Å². The number of nitrogens with one attached hydrogen (secondary N) is 1. The van der Waals surface area contributed by atoms with E-state index in [1.54, 1.807) is 6.07 Å². The molecule has 0 unspecified atom stereocenters. The number of hydrogen-bond acceptors (Lipinski definition) is 2. The Labute approximate surface area is 145 Å². The largest absolute Gasteiger partial charge is 0.352 e. The highest BCUT2D eigenvalue weighted by atomic mass is 35.5. The van der Waals surface area contributed by atoms with E-state index in [9.17, 15) is 9.18 Å². The van der Waals surface area contributed by atoms with Gasteiger partial charge in [0.05, 0.1) is 0 Å². The Morgan fingerprint density at radius 3 is 2.79 bits per heavy atom. The topological polar surface area (TPSA) is 42.0 Å². The quantitative estimate of drug-likeness (QED) is 0.642. The molecule has 1 fully saturated rings. The fourth-order valence-electron chi connectivity index (χ4n) is 3.11. The molecule has 1 aromatic heterocycles. The molecule has 3 rings (SSSR count). The Bertz CT molecular complexity index is 828. The van der Waals surface area contributed by atoms with Gasteiger partial charge in [-0.05, 0) is 73.2 Å². The molecular formula is C19H18ClFN2O. The third-order valence-electron chi connectivity index (χ3n) is 4.43. The first-order chi connectivity index (χ1) is 11.5. The number of allylic oxidation sites excluding steroid dienone is 1. The van der Waals surface area contributed by atoms with Crippen LogP contribution in [0.15, 0.2) is 36.0 Å². The first-order valence-corrected chi connectivity index (χ1v) is 8.25. The number of pyridine rings is 1. The predicted octanol–water partition coefficient (Wildman–Crippen LogP) is 4.53. The van der Waals surface area contributed by atoms with Crippen molar-refractivity contribution in [2.45, 2.75) is 26.7 Å². The molecule has 1 amide bonds. The van der Waals surface area contributed by atoms with Gasteiger partial charge < -0.3 is 5.32 Å². The van der Waals surface area contributed by atoms with Crippen LogP contribution in [0.3, 0.4) is 0 Å². The van der Waals surface area contributed by atoms with E-state index in [0.29, 0.717) is 5.02 Å². The molecule has 1 aliphatic rings. The Morgan fingerprint density at radius 2 is 2.12 bits per heavy atom. The number of rotatable bonds is 2. The maximum absolute atomic E-state index is 13.1. The minimum Gasteiger partial charge on any atom is -0.352 e. The van der Waals surface area contributed by atoms with Crippen LogP contribution in [0.2, 0.25) is 5.02 Å². The molecular weight excluding hydrogens is 327 g/mol. The van der Waals surface area contributed by atoms with Gasteiger partial charge in [-0.3, -0.25) is 4.79 Å². The maximum atomic E-state index is 13.1. The van der Waals surface area contributed by atoms with Crippen LogP contribution in [0, 0.1) is 12.9 Å². The number of carbonyl (C=O) groups excluding carboxylic acids is 1. The van der Waals surface area contributed by atoms with E-state index < -0.39 is 5.95 Å². The molecule has 2 heterocycles. The summed E-state index contributed by atoms with van der Waals surface area (Å²) in [7, 11) is 0. The van der Waals surface area contributed by atoms with E-state index in [-0.39, 0.29) is 5.91 Å². The number of halogens is 2. The number of amides is 1. The number of hydrogen-bond donors (Lipinski definition) is 1. The lowest BCUT2D eigenvalue weighted by atomic mass is 9.89. The van der Waals surface area contributed by atoms with Gasteiger partial charge in [0.1, 0.15) is 0 Å². The van der Waals surface area contributed by atoms with Gasteiger partial charge >= 0.3 is 0 Å². The second kappa shape index (κ2) is 6.73. The summed E-state index contributed by atoms with van der Waals surface area (Å²) in [6.07, 6.45) is 3.19. The number of benzene rings is 1. The van der Waals surface area contributed by atoms with Crippen LogP contribution in [0.5, 0.6) is 0 Å². The SMILES string of the molecule is C/C(=C1/CCCNC1=O)c1cc(Cl)cc(-c2ccc(F)nc2)c1C.